The van der Waals surface area contributed by atoms with E-state index in [0.29, 0.717) is 12.2 Å². The third kappa shape index (κ3) is 5.11. The van der Waals surface area contributed by atoms with Crippen molar-refractivity contribution in [3.05, 3.63) is 23.8 Å². The highest BCUT2D eigenvalue weighted by molar-refractivity contribution is 5.45. The summed E-state index contributed by atoms with van der Waals surface area (Å²) < 4.78 is 5.82. The molecule has 0 saturated heterocycles. The smallest absolute Gasteiger partial charge is 0.163 e. The number of unbranched alkanes of at least 4 members (excludes halogenated alkanes) is 4. The zero-order valence-electron chi connectivity index (χ0n) is 12.1. The molecule has 0 aromatic heterocycles. The molecule has 0 spiro atoms. The maximum Gasteiger partial charge on any atom is 0.163 e. The SMILES string of the molecule is CCCCCCCOC(CC)c1cccc(O)c1O. The molecule has 2 N–H and O–H groups in total. The van der Waals surface area contributed by atoms with Crippen molar-refractivity contribution in [3.8, 4) is 11.5 Å². The second-order valence-corrected chi connectivity index (χ2v) is 4.90. The second kappa shape index (κ2) is 8.81. The number of ether oxygens (including phenoxy) is 1. The molecule has 19 heavy (non-hydrogen) atoms. The van der Waals surface area contributed by atoms with E-state index in [1.807, 2.05) is 6.92 Å². The summed E-state index contributed by atoms with van der Waals surface area (Å²) in [6, 6.07) is 5.02. The standard InChI is InChI=1S/C16H26O3/c1-3-5-6-7-8-12-19-15(4-2)13-10-9-11-14(17)16(13)18/h9-11,15,17-18H,3-8,12H2,1-2H3. The van der Waals surface area contributed by atoms with Crippen LogP contribution in [0.3, 0.4) is 0 Å². The quantitative estimate of drug-likeness (QED) is 0.510. The van der Waals surface area contributed by atoms with Crippen molar-refractivity contribution in [2.24, 2.45) is 0 Å². The minimum atomic E-state index is -0.140. The van der Waals surface area contributed by atoms with Gasteiger partial charge in [0.25, 0.3) is 0 Å². The number of rotatable bonds is 9. The normalized spacial score (nSPS) is 12.5. The van der Waals surface area contributed by atoms with Crippen molar-refractivity contribution in [2.45, 2.75) is 58.5 Å². The zero-order valence-corrected chi connectivity index (χ0v) is 12.1. The van der Waals surface area contributed by atoms with Gasteiger partial charge in [-0.1, -0.05) is 51.7 Å². The van der Waals surface area contributed by atoms with Gasteiger partial charge in [-0.3, -0.25) is 0 Å². The van der Waals surface area contributed by atoms with Crippen molar-refractivity contribution in [3.63, 3.8) is 0 Å². The minimum absolute atomic E-state index is 0.0552. The maximum absolute atomic E-state index is 9.84. The summed E-state index contributed by atoms with van der Waals surface area (Å²) in [6.07, 6.45) is 6.67. The Morgan fingerprint density at radius 2 is 1.79 bits per heavy atom. The van der Waals surface area contributed by atoms with Crippen molar-refractivity contribution in [2.75, 3.05) is 6.61 Å². The van der Waals surface area contributed by atoms with Crippen molar-refractivity contribution in [1.29, 1.82) is 0 Å². The Hall–Kier alpha value is -1.22. The van der Waals surface area contributed by atoms with E-state index in [1.54, 1.807) is 12.1 Å². The lowest BCUT2D eigenvalue weighted by molar-refractivity contribution is 0.0455. The zero-order chi connectivity index (χ0) is 14.1. The van der Waals surface area contributed by atoms with E-state index < -0.39 is 0 Å². The average Bonchev–Trinajstić information content (AvgIpc) is 2.42. The monoisotopic (exact) mass is 266 g/mol. The summed E-state index contributed by atoms with van der Waals surface area (Å²) in [5.74, 6) is -0.136. The number of aromatic hydroxyl groups is 2. The molecule has 0 fully saturated rings. The Kier molecular flexibility index (Phi) is 7.34. The van der Waals surface area contributed by atoms with Gasteiger partial charge in [0.15, 0.2) is 11.5 Å². The Balaban J connectivity index is 2.43. The lowest BCUT2D eigenvalue weighted by Crippen LogP contribution is -2.05. The number of para-hydroxylation sites is 1. The fourth-order valence-electron chi connectivity index (χ4n) is 2.17. The van der Waals surface area contributed by atoms with Crippen LogP contribution in [-0.2, 0) is 4.74 Å². The molecule has 0 radical (unpaired) electrons. The van der Waals surface area contributed by atoms with E-state index in [-0.39, 0.29) is 17.6 Å². The topological polar surface area (TPSA) is 49.7 Å². The first-order valence-corrected chi connectivity index (χ1v) is 7.33. The molecule has 1 aromatic carbocycles. The lowest BCUT2D eigenvalue weighted by atomic mass is 10.1. The largest absolute Gasteiger partial charge is 0.504 e. The Morgan fingerprint density at radius 1 is 1.05 bits per heavy atom. The van der Waals surface area contributed by atoms with Gasteiger partial charge in [-0.15, -0.1) is 0 Å². The highest BCUT2D eigenvalue weighted by Crippen LogP contribution is 2.35. The van der Waals surface area contributed by atoms with Crippen LogP contribution in [0.15, 0.2) is 18.2 Å². The van der Waals surface area contributed by atoms with Gasteiger partial charge in [-0.25, -0.2) is 0 Å². The molecule has 0 amide bonds. The number of phenolic OH excluding ortho intramolecular Hbond substituents is 2. The lowest BCUT2D eigenvalue weighted by Gasteiger charge is -2.18. The maximum atomic E-state index is 9.84. The van der Waals surface area contributed by atoms with Crippen molar-refractivity contribution < 1.29 is 14.9 Å². The molecule has 0 aliphatic heterocycles. The molecule has 1 aromatic rings. The molecule has 1 atom stereocenters. The van der Waals surface area contributed by atoms with Gasteiger partial charge < -0.3 is 14.9 Å². The fourth-order valence-corrected chi connectivity index (χ4v) is 2.17. The van der Waals surface area contributed by atoms with Gasteiger partial charge in [0.05, 0.1) is 6.10 Å². The van der Waals surface area contributed by atoms with E-state index in [0.717, 1.165) is 12.8 Å². The van der Waals surface area contributed by atoms with E-state index in [9.17, 15) is 10.2 Å². The van der Waals surface area contributed by atoms with Crippen molar-refractivity contribution >= 4 is 0 Å². The summed E-state index contributed by atoms with van der Waals surface area (Å²) in [5, 5.41) is 19.3. The predicted molar refractivity (Wildman–Crippen MR) is 77.5 cm³/mol. The van der Waals surface area contributed by atoms with Gasteiger partial charge >= 0.3 is 0 Å². The van der Waals surface area contributed by atoms with Gasteiger partial charge in [0, 0.05) is 12.2 Å². The highest BCUT2D eigenvalue weighted by Gasteiger charge is 2.16. The van der Waals surface area contributed by atoms with Crippen LogP contribution < -0.4 is 0 Å². The van der Waals surface area contributed by atoms with Gasteiger partial charge in [-0.2, -0.15) is 0 Å². The number of phenols is 2. The number of benzene rings is 1. The Morgan fingerprint density at radius 3 is 2.47 bits per heavy atom. The van der Waals surface area contributed by atoms with E-state index in [2.05, 4.69) is 6.92 Å². The molecule has 0 aliphatic rings. The van der Waals surface area contributed by atoms with E-state index in [4.69, 9.17) is 4.74 Å². The van der Waals surface area contributed by atoms with Gasteiger partial charge in [0.1, 0.15) is 0 Å². The molecule has 3 heteroatoms. The molecule has 3 nitrogen and oxygen atoms in total. The predicted octanol–water partition coefficient (Wildman–Crippen LogP) is 4.54. The van der Waals surface area contributed by atoms with Gasteiger partial charge in [-0.05, 0) is 18.9 Å². The van der Waals surface area contributed by atoms with Crippen LogP contribution in [0.1, 0.15) is 64.0 Å². The first kappa shape index (κ1) is 15.8. The first-order chi connectivity index (χ1) is 9.20. The molecule has 0 saturated carbocycles. The molecular weight excluding hydrogens is 240 g/mol. The fraction of sp³-hybridized carbons (Fsp3) is 0.625. The number of hydrogen-bond donors (Lipinski definition) is 2. The molecule has 0 aliphatic carbocycles. The summed E-state index contributed by atoms with van der Waals surface area (Å²) >= 11 is 0. The first-order valence-electron chi connectivity index (χ1n) is 7.33. The molecular formula is C16H26O3. The summed E-state index contributed by atoms with van der Waals surface area (Å²) in [4.78, 5) is 0. The molecule has 0 bridgehead atoms. The van der Waals surface area contributed by atoms with Gasteiger partial charge in [0.2, 0.25) is 0 Å². The number of hydrogen-bond acceptors (Lipinski definition) is 3. The second-order valence-electron chi connectivity index (χ2n) is 4.90. The Bertz CT molecular complexity index is 363. The van der Waals surface area contributed by atoms with Crippen LogP contribution in [0.25, 0.3) is 0 Å². The molecule has 108 valence electrons. The van der Waals surface area contributed by atoms with Crippen LogP contribution in [0.4, 0.5) is 0 Å². The summed E-state index contributed by atoms with van der Waals surface area (Å²) in [6.45, 7) is 4.93. The third-order valence-corrected chi connectivity index (χ3v) is 3.33. The molecule has 1 rings (SSSR count). The Labute approximate surface area is 116 Å². The minimum Gasteiger partial charge on any atom is -0.504 e. The van der Waals surface area contributed by atoms with Crippen molar-refractivity contribution in [1.82, 2.24) is 0 Å². The third-order valence-electron chi connectivity index (χ3n) is 3.33. The van der Waals surface area contributed by atoms with E-state index in [1.165, 1.54) is 31.7 Å². The molecule has 0 heterocycles. The van der Waals surface area contributed by atoms with Crippen LogP contribution in [0, 0.1) is 0 Å². The van der Waals surface area contributed by atoms with Crippen LogP contribution >= 0.6 is 0 Å². The summed E-state index contributed by atoms with van der Waals surface area (Å²) in [5.41, 5.74) is 0.677. The molecule has 1 unspecified atom stereocenters. The summed E-state index contributed by atoms with van der Waals surface area (Å²) in [7, 11) is 0. The van der Waals surface area contributed by atoms with Crippen LogP contribution in [0.2, 0.25) is 0 Å². The van der Waals surface area contributed by atoms with Crippen LogP contribution in [-0.4, -0.2) is 16.8 Å². The average molecular weight is 266 g/mol. The van der Waals surface area contributed by atoms with Crippen LogP contribution in [0.5, 0.6) is 11.5 Å². The highest BCUT2D eigenvalue weighted by atomic mass is 16.5. The van der Waals surface area contributed by atoms with E-state index >= 15 is 0 Å².